The standard InChI is InChI=1S/C7H10INO3/c1-4(10)9-5(7(11)12)2-3-6(9)8/h5-6H,2-3H2,1H3,(H,11,12)/t5-,6+/m0/s1. The minimum Gasteiger partial charge on any atom is -0.480 e. The summed E-state index contributed by atoms with van der Waals surface area (Å²) in [6, 6.07) is -0.607. The van der Waals surface area contributed by atoms with Crippen LogP contribution in [0.3, 0.4) is 0 Å². The topological polar surface area (TPSA) is 57.6 Å². The fourth-order valence-corrected chi connectivity index (χ4v) is 2.57. The summed E-state index contributed by atoms with van der Waals surface area (Å²) in [6.45, 7) is 1.41. The number of amides is 1. The lowest BCUT2D eigenvalue weighted by molar-refractivity contribution is -0.147. The van der Waals surface area contributed by atoms with E-state index < -0.39 is 12.0 Å². The zero-order valence-electron chi connectivity index (χ0n) is 6.66. The van der Waals surface area contributed by atoms with E-state index in [0.717, 1.165) is 6.42 Å². The van der Waals surface area contributed by atoms with Gasteiger partial charge in [0, 0.05) is 6.92 Å². The molecule has 4 nitrogen and oxygen atoms in total. The first kappa shape index (κ1) is 9.76. The van der Waals surface area contributed by atoms with Gasteiger partial charge in [-0.1, -0.05) is 22.6 Å². The maximum atomic E-state index is 11.0. The number of carbonyl (C=O) groups is 2. The van der Waals surface area contributed by atoms with Gasteiger partial charge in [-0.15, -0.1) is 0 Å². The quantitative estimate of drug-likeness (QED) is 0.441. The first-order valence-electron chi connectivity index (χ1n) is 3.70. The first-order chi connectivity index (χ1) is 5.54. The van der Waals surface area contributed by atoms with E-state index in [1.165, 1.54) is 11.8 Å². The molecule has 0 bridgehead atoms. The van der Waals surface area contributed by atoms with Gasteiger partial charge in [-0.05, 0) is 12.8 Å². The Labute approximate surface area is 84.1 Å². The highest BCUT2D eigenvalue weighted by Crippen LogP contribution is 2.28. The number of rotatable bonds is 1. The number of nitrogens with zero attached hydrogens (tertiary/aromatic N) is 1. The number of carbonyl (C=O) groups excluding carboxylic acids is 1. The summed E-state index contributed by atoms with van der Waals surface area (Å²) in [7, 11) is 0. The van der Waals surface area contributed by atoms with Gasteiger partial charge in [0.25, 0.3) is 0 Å². The van der Waals surface area contributed by atoms with Crippen molar-refractivity contribution in [1.82, 2.24) is 4.90 Å². The maximum absolute atomic E-state index is 11.0. The van der Waals surface area contributed by atoms with Crippen molar-refractivity contribution in [3.05, 3.63) is 0 Å². The summed E-state index contributed by atoms with van der Waals surface area (Å²) in [5, 5.41) is 8.75. The smallest absolute Gasteiger partial charge is 0.326 e. The molecule has 12 heavy (non-hydrogen) atoms. The summed E-state index contributed by atoms with van der Waals surface area (Å²) in [4.78, 5) is 23.1. The summed E-state index contributed by atoms with van der Waals surface area (Å²) in [5.74, 6) is -1.05. The van der Waals surface area contributed by atoms with Gasteiger partial charge in [-0.3, -0.25) is 4.79 Å². The van der Waals surface area contributed by atoms with E-state index in [0.29, 0.717) is 6.42 Å². The normalized spacial score (nSPS) is 29.0. The average molecular weight is 283 g/mol. The van der Waals surface area contributed by atoms with Gasteiger partial charge < -0.3 is 10.0 Å². The van der Waals surface area contributed by atoms with Crippen molar-refractivity contribution < 1.29 is 14.7 Å². The van der Waals surface area contributed by atoms with E-state index in [1.54, 1.807) is 0 Å². The molecule has 0 saturated carbocycles. The molecule has 68 valence electrons. The number of aliphatic carboxylic acids is 1. The SMILES string of the molecule is CC(=O)N1[C@@H](I)CC[C@H]1C(=O)O. The van der Waals surface area contributed by atoms with Crippen molar-refractivity contribution in [2.24, 2.45) is 0 Å². The zero-order valence-corrected chi connectivity index (χ0v) is 8.82. The molecule has 1 aliphatic rings. The van der Waals surface area contributed by atoms with Crippen LogP contribution in [0, 0.1) is 0 Å². The number of hydrogen-bond acceptors (Lipinski definition) is 2. The van der Waals surface area contributed by atoms with Crippen LogP contribution in [0.4, 0.5) is 0 Å². The predicted molar refractivity (Wildman–Crippen MR) is 51.0 cm³/mol. The van der Waals surface area contributed by atoms with Crippen molar-refractivity contribution >= 4 is 34.5 Å². The Morgan fingerprint density at radius 1 is 1.50 bits per heavy atom. The maximum Gasteiger partial charge on any atom is 0.326 e. The highest BCUT2D eigenvalue weighted by Gasteiger charge is 2.37. The van der Waals surface area contributed by atoms with Crippen LogP contribution in [0.25, 0.3) is 0 Å². The molecule has 1 rings (SSSR count). The fraction of sp³-hybridized carbons (Fsp3) is 0.714. The van der Waals surface area contributed by atoms with E-state index in [1.807, 2.05) is 0 Å². The predicted octanol–water partition coefficient (Wildman–Crippen LogP) is 0.843. The van der Waals surface area contributed by atoms with E-state index in [2.05, 4.69) is 22.6 Å². The Hall–Kier alpha value is -0.330. The molecule has 0 aliphatic carbocycles. The summed E-state index contributed by atoms with van der Waals surface area (Å²) >= 11 is 2.10. The summed E-state index contributed by atoms with van der Waals surface area (Å²) in [5.41, 5.74) is 0. The Morgan fingerprint density at radius 2 is 2.08 bits per heavy atom. The van der Waals surface area contributed by atoms with Crippen LogP contribution in [0.2, 0.25) is 0 Å². The molecule has 0 aromatic rings. The van der Waals surface area contributed by atoms with Gasteiger partial charge in [-0.2, -0.15) is 0 Å². The van der Waals surface area contributed by atoms with Gasteiger partial charge in [0.1, 0.15) is 6.04 Å². The minimum atomic E-state index is -0.899. The lowest BCUT2D eigenvalue weighted by Crippen LogP contribution is -2.41. The number of hydrogen-bond donors (Lipinski definition) is 1. The van der Waals surface area contributed by atoms with Crippen LogP contribution in [-0.2, 0) is 9.59 Å². The van der Waals surface area contributed by atoms with Crippen molar-refractivity contribution in [2.45, 2.75) is 29.9 Å². The molecule has 0 aromatic heterocycles. The molecule has 0 unspecified atom stereocenters. The lowest BCUT2D eigenvalue weighted by Gasteiger charge is -2.22. The van der Waals surface area contributed by atoms with E-state index in [9.17, 15) is 9.59 Å². The molecule has 1 aliphatic heterocycles. The number of halogens is 1. The van der Waals surface area contributed by atoms with Crippen LogP contribution < -0.4 is 0 Å². The number of alkyl halides is 1. The molecule has 0 radical (unpaired) electrons. The van der Waals surface area contributed by atoms with Crippen LogP contribution in [0.5, 0.6) is 0 Å². The molecule has 1 N–H and O–H groups in total. The first-order valence-corrected chi connectivity index (χ1v) is 4.94. The van der Waals surface area contributed by atoms with E-state index in [-0.39, 0.29) is 9.96 Å². The second-order valence-electron chi connectivity index (χ2n) is 2.79. The highest BCUT2D eigenvalue weighted by molar-refractivity contribution is 14.1. The highest BCUT2D eigenvalue weighted by atomic mass is 127. The molecule has 1 heterocycles. The Bertz CT molecular complexity index is 219. The van der Waals surface area contributed by atoms with Crippen molar-refractivity contribution in [2.75, 3.05) is 0 Å². The molecule has 0 spiro atoms. The van der Waals surface area contributed by atoms with Gasteiger partial charge in [0.2, 0.25) is 5.91 Å². The van der Waals surface area contributed by atoms with Crippen LogP contribution in [0.1, 0.15) is 19.8 Å². The third-order valence-corrected chi connectivity index (χ3v) is 3.19. The van der Waals surface area contributed by atoms with Gasteiger partial charge in [-0.25, -0.2) is 4.79 Å². The fourth-order valence-electron chi connectivity index (χ4n) is 1.43. The van der Waals surface area contributed by atoms with Crippen molar-refractivity contribution in [3.8, 4) is 0 Å². The molecule has 1 saturated heterocycles. The molecule has 2 atom stereocenters. The van der Waals surface area contributed by atoms with E-state index in [4.69, 9.17) is 5.11 Å². The Kier molecular flexibility index (Phi) is 2.92. The molecule has 1 amide bonds. The minimum absolute atomic E-state index is 0.0428. The van der Waals surface area contributed by atoms with Crippen LogP contribution >= 0.6 is 22.6 Å². The third-order valence-electron chi connectivity index (χ3n) is 1.96. The second kappa shape index (κ2) is 3.59. The Balaban J connectivity index is 2.77. The largest absolute Gasteiger partial charge is 0.480 e. The third kappa shape index (κ3) is 1.70. The molecule has 1 fully saturated rings. The average Bonchev–Trinajstić information content (AvgIpc) is 2.30. The van der Waals surface area contributed by atoms with E-state index >= 15 is 0 Å². The second-order valence-corrected chi connectivity index (χ2v) is 4.23. The van der Waals surface area contributed by atoms with Crippen molar-refractivity contribution in [1.29, 1.82) is 0 Å². The molecule has 5 heteroatoms. The molecular formula is C7H10INO3. The number of likely N-dealkylation sites (tertiary alicyclic amines) is 1. The number of carboxylic acids is 1. The van der Waals surface area contributed by atoms with Gasteiger partial charge in [0.15, 0.2) is 0 Å². The molecular weight excluding hydrogens is 273 g/mol. The van der Waals surface area contributed by atoms with Crippen LogP contribution in [-0.4, -0.2) is 32.0 Å². The molecule has 0 aromatic carbocycles. The summed E-state index contributed by atoms with van der Waals surface area (Å²) < 4.78 is 0.0428. The number of carboxylic acid groups (broad SMARTS) is 1. The summed E-state index contributed by atoms with van der Waals surface area (Å²) in [6.07, 6.45) is 1.35. The van der Waals surface area contributed by atoms with Gasteiger partial charge >= 0.3 is 5.97 Å². The van der Waals surface area contributed by atoms with Gasteiger partial charge in [0.05, 0.1) is 4.05 Å². The Morgan fingerprint density at radius 3 is 2.42 bits per heavy atom. The zero-order chi connectivity index (χ0) is 9.30. The van der Waals surface area contributed by atoms with Crippen LogP contribution in [0.15, 0.2) is 0 Å². The monoisotopic (exact) mass is 283 g/mol. The van der Waals surface area contributed by atoms with Crippen molar-refractivity contribution in [3.63, 3.8) is 0 Å². The lowest BCUT2D eigenvalue weighted by atomic mass is 10.2.